The van der Waals surface area contributed by atoms with Gasteiger partial charge in [0.25, 0.3) is 0 Å². The number of halogens is 1. The molecule has 0 bridgehead atoms. The minimum absolute atomic E-state index is 0.0621. The van der Waals surface area contributed by atoms with Crippen molar-refractivity contribution in [3.8, 4) is 0 Å². The van der Waals surface area contributed by atoms with Gasteiger partial charge in [-0.2, -0.15) is 4.31 Å². The highest BCUT2D eigenvalue weighted by Gasteiger charge is 2.32. The van der Waals surface area contributed by atoms with Crippen LogP contribution in [0.15, 0.2) is 29.2 Å². The van der Waals surface area contributed by atoms with Crippen LogP contribution in [0.2, 0.25) is 5.02 Å². The number of amides is 1. The van der Waals surface area contributed by atoms with Gasteiger partial charge < -0.3 is 5.32 Å². The largest absolute Gasteiger partial charge is 0.353 e. The third-order valence-corrected chi connectivity index (χ3v) is 7.63. The van der Waals surface area contributed by atoms with E-state index in [1.165, 1.54) is 16.8 Å². The van der Waals surface area contributed by atoms with Crippen molar-refractivity contribution >= 4 is 27.5 Å². The predicted octanol–water partition coefficient (Wildman–Crippen LogP) is 3.19. The van der Waals surface area contributed by atoms with E-state index in [-0.39, 0.29) is 27.8 Å². The van der Waals surface area contributed by atoms with Gasteiger partial charge in [0.1, 0.15) is 4.90 Å². The van der Waals surface area contributed by atoms with Crippen molar-refractivity contribution in [1.29, 1.82) is 0 Å². The van der Waals surface area contributed by atoms with Crippen molar-refractivity contribution < 1.29 is 13.2 Å². The molecular formula is C18H25ClN2O3S. The Morgan fingerprint density at radius 3 is 2.32 bits per heavy atom. The molecule has 1 aliphatic heterocycles. The Balaban J connectivity index is 1.56. The van der Waals surface area contributed by atoms with Gasteiger partial charge in [0.2, 0.25) is 15.9 Å². The second kappa shape index (κ2) is 8.06. The van der Waals surface area contributed by atoms with Gasteiger partial charge >= 0.3 is 0 Å². The van der Waals surface area contributed by atoms with E-state index >= 15 is 0 Å². The summed E-state index contributed by atoms with van der Waals surface area (Å²) in [5.41, 5.74) is 0. The molecule has 1 amide bonds. The van der Waals surface area contributed by atoms with Crippen LogP contribution in [-0.4, -0.2) is 37.8 Å². The lowest BCUT2D eigenvalue weighted by Gasteiger charge is -2.33. The Morgan fingerprint density at radius 2 is 1.68 bits per heavy atom. The predicted molar refractivity (Wildman–Crippen MR) is 98.0 cm³/mol. The van der Waals surface area contributed by atoms with E-state index in [0.717, 1.165) is 25.7 Å². The van der Waals surface area contributed by atoms with Crippen LogP contribution in [0.1, 0.15) is 44.9 Å². The summed E-state index contributed by atoms with van der Waals surface area (Å²) in [6, 6.07) is 6.58. The van der Waals surface area contributed by atoms with E-state index in [1.54, 1.807) is 18.2 Å². The Bertz CT molecular complexity index is 709. The molecule has 1 saturated heterocycles. The molecule has 0 radical (unpaired) electrons. The number of sulfonamides is 1. The topological polar surface area (TPSA) is 66.5 Å². The molecule has 138 valence electrons. The maximum atomic E-state index is 12.7. The maximum Gasteiger partial charge on any atom is 0.244 e. The molecule has 0 unspecified atom stereocenters. The number of nitrogens with zero attached hydrogens (tertiary/aromatic N) is 1. The molecule has 1 aromatic carbocycles. The number of benzene rings is 1. The molecule has 0 atom stereocenters. The van der Waals surface area contributed by atoms with Crippen LogP contribution in [-0.2, 0) is 14.8 Å². The van der Waals surface area contributed by atoms with Crippen LogP contribution in [0.25, 0.3) is 0 Å². The lowest BCUT2D eigenvalue weighted by atomic mass is 9.88. The Morgan fingerprint density at radius 1 is 1.04 bits per heavy atom. The van der Waals surface area contributed by atoms with Gasteiger partial charge in [-0.05, 0) is 37.8 Å². The van der Waals surface area contributed by atoms with Crippen molar-refractivity contribution in [2.75, 3.05) is 13.1 Å². The first kappa shape index (κ1) is 18.7. The number of piperidine rings is 1. The minimum Gasteiger partial charge on any atom is -0.353 e. The SMILES string of the molecule is O=C(NC1CCN(S(=O)(=O)c2ccccc2Cl)CC1)C1CCCCC1. The quantitative estimate of drug-likeness (QED) is 0.866. The zero-order chi connectivity index (χ0) is 17.9. The van der Waals surface area contributed by atoms with Gasteiger partial charge in [0.05, 0.1) is 5.02 Å². The first-order chi connectivity index (χ1) is 12.0. The van der Waals surface area contributed by atoms with Gasteiger partial charge in [-0.1, -0.05) is 43.0 Å². The molecule has 2 fully saturated rings. The molecule has 0 spiro atoms. The van der Waals surface area contributed by atoms with Crippen molar-refractivity contribution in [1.82, 2.24) is 9.62 Å². The van der Waals surface area contributed by atoms with E-state index in [1.807, 2.05) is 0 Å². The van der Waals surface area contributed by atoms with Crippen molar-refractivity contribution in [2.45, 2.75) is 55.9 Å². The average molecular weight is 385 g/mol. The van der Waals surface area contributed by atoms with Crippen molar-refractivity contribution in [2.24, 2.45) is 5.92 Å². The van der Waals surface area contributed by atoms with E-state index < -0.39 is 10.0 Å². The molecule has 3 rings (SSSR count). The second-order valence-electron chi connectivity index (χ2n) is 6.95. The number of hydrogen-bond acceptors (Lipinski definition) is 3. The third-order valence-electron chi connectivity index (χ3n) is 5.23. The number of rotatable bonds is 4. The summed E-state index contributed by atoms with van der Waals surface area (Å²) in [6.45, 7) is 0.812. The van der Waals surface area contributed by atoms with Crippen LogP contribution in [0.3, 0.4) is 0 Å². The zero-order valence-electron chi connectivity index (χ0n) is 14.3. The summed E-state index contributed by atoms with van der Waals surface area (Å²) in [5, 5.41) is 3.37. The van der Waals surface area contributed by atoms with Gasteiger partial charge in [-0.25, -0.2) is 8.42 Å². The number of carbonyl (C=O) groups excluding carboxylic acids is 1. The average Bonchev–Trinajstić information content (AvgIpc) is 2.63. The number of nitrogens with one attached hydrogen (secondary N) is 1. The summed E-state index contributed by atoms with van der Waals surface area (Å²) in [4.78, 5) is 12.5. The smallest absolute Gasteiger partial charge is 0.244 e. The van der Waals surface area contributed by atoms with Crippen molar-refractivity contribution in [3.63, 3.8) is 0 Å². The molecule has 1 saturated carbocycles. The van der Waals surface area contributed by atoms with Crippen LogP contribution < -0.4 is 5.32 Å². The molecule has 1 aliphatic carbocycles. The number of carbonyl (C=O) groups is 1. The highest BCUT2D eigenvalue weighted by Crippen LogP contribution is 2.27. The molecule has 1 aromatic rings. The molecule has 0 aromatic heterocycles. The fourth-order valence-electron chi connectivity index (χ4n) is 3.72. The van der Waals surface area contributed by atoms with E-state index in [9.17, 15) is 13.2 Å². The molecule has 1 N–H and O–H groups in total. The summed E-state index contributed by atoms with van der Waals surface area (Å²) >= 11 is 6.05. The van der Waals surface area contributed by atoms with Crippen molar-refractivity contribution in [3.05, 3.63) is 29.3 Å². The standard InChI is InChI=1S/C18H25ClN2O3S/c19-16-8-4-5-9-17(16)25(23,24)21-12-10-15(11-13-21)20-18(22)14-6-2-1-3-7-14/h4-5,8-9,14-15H,1-3,6-7,10-13H2,(H,20,22). The van der Waals surface area contributed by atoms with Gasteiger partial charge in [-0.15, -0.1) is 0 Å². The van der Waals surface area contributed by atoms with E-state index in [0.29, 0.717) is 25.9 Å². The summed E-state index contributed by atoms with van der Waals surface area (Å²) in [7, 11) is -3.58. The molecule has 1 heterocycles. The normalized spacial score (nSPS) is 21.2. The first-order valence-corrected chi connectivity index (χ1v) is 10.9. The highest BCUT2D eigenvalue weighted by molar-refractivity contribution is 7.89. The third kappa shape index (κ3) is 4.36. The van der Waals surface area contributed by atoms with Crippen LogP contribution in [0, 0.1) is 5.92 Å². The first-order valence-electron chi connectivity index (χ1n) is 9.03. The van der Waals surface area contributed by atoms with Crippen LogP contribution >= 0.6 is 11.6 Å². The van der Waals surface area contributed by atoms with Crippen LogP contribution in [0.5, 0.6) is 0 Å². The lowest BCUT2D eigenvalue weighted by molar-refractivity contribution is -0.126. The van der Waals surface area contributed by atoms with Gasteiger partial charge in [-0.3, -0.25) is 4.79 Å². The molecule has 5 nitrogen and oxygen atoms in total. The van der Waals surface area contributed by atoms with Gasteiger partial charge in [0.15, 0.2) is 0 Å². The van der Waals surface area contributed by atoms with E-state index in [4.69, 9.17) is 11.6 Å². The molecule has 7 heteroatoms. The fourth-order valence-corrected chi connectivity index (χ4v) is 5.68. The van der Waals surface area contributed by atoms with Gasteiger partial charge in [0, 0.05) is 25.0 Å². The maximum absolute atomic E-state index is 12.7. The monoisotopic (exact) mass is 384 g/mol. The molecule has 25 heavy (non-hydrogen) atoms. The summed E-state index contributed by atoms with van der Waals surface area (Å²) in [5.74, 6) is 0.283. The second-order valence-corrected chi connectivity index (χ2v) is 9.27. The zero-order valence-corrected chi connectivity index (χ0v) is 15.9. The number of hydrogen-bond donors (Lipinski definition) is 1. The Kier molecular flexibility index (Phi) is 6.02. The highest BCUT2D eigenvalue weighted by atomic mass is 35.5. The molecular weight excluding hydrogens is 360 g/mol. The Labute approximate surface area is 154 Å². The fraction of sp³-hybridized carbons (Fsp3) is 0.611. The van der Waals surface area contributed by atoms with E-state index in [2.05, 4.69) is 5.32 Å². The summed E-state index contributed by atoms with van der Waals surface area (Å²) < 4.78 is 26.9. The lowest BCUT2D eigenvalue weighted by Crippen LogP contribution is -2.48. The Hall–Kier alpha value is -1.11. The molecule has 2 aliphatic rings. The summed E-state index contributed by atoms with van der Waals surface area (Å²) in [6.07, 6.45) is 6.72. The van der Waals surface area contributed by atoms with Crippen LogP contribution in [0.4, 0.5) is 0 Å². The minimum atomic E-state index is -3.58.